The molecule has 0 aliphatic carbocycles. The topological polar surface area (TPSA) is 112 Å². The zero-order valence-electron chi connectivity index (χ0n) is 9.28. The fourth-order valence-electron chi connectivity index (χ4n) is 1.59. The first kappa shape index (κ1) is 13.6. The molecule has 4 amide bonds. The number of imide groups is 2. The Bertz CT molecular complexity index is 444. The highest BCUT2D eigenvalue weighted by Crippen LogP contribution is 2.22. The maximum Gasteiger partial charge on any atom is 0.370 e. The third-order valence-corrected chi connectivity index (χ3v) is 3.22. The molecule has 8 nitrogen and oxygen atoms in total. The van der Waals surface area contributed by atoms with Gasteiger partial charge in [-0.25, -0.2) is 4.79 Å². The number of rotatable bonds is 3. The molecule has 1 saturated heterocycles. The van der Waals surface area contributed by atoms with Crippen LogP contribution < -0.4 is 0 Å². The maximum absolute atomic E-state index is 11.7. The van der Waals surface area contributed by atoms with Crippen LogP contribution in [0.1, 0.15) is 20.3 Å². The zero-order valence-corrected chi connectivity index (χ0v) is 10.1. The molecule has 1 aliphatic heterocycles. The second kappa shape index (κ2) is 4.41. The Labute approximate surface area is 98.1 Å². The molecule has 9 heteroatoms. The van der Waals surface area contributed by atoms with E-state index in [4.69, 9.17) is 4.55 Å². The first-order valence-corrected chi connectivity index (χ1v) is 6.32. The van der Waals surface area contributed by atoms with Crippen molar-refractivity contribution in [2.24, 2.45) is 5.92 Å². The van der Waals surface area contributed by atoms with E-state index in [1.807, 2.05) is 0 Å². The van der Waals surface area contributed by atoms with Gasteiger partial charge >= 0.3 is 16.3 Å². The Hall–Kier alpha value is -1.48. The van der Waals surface area contributed by atoms with Gasteiger partial charge in [-0.1, -0.05) is 6.92 Å². The molecule has 0 radical (unpaired) electrons. The van der Waals surface area contributed by atoms with Crippen LogP contribution in [0.3, 0.4) is 0 Å². The lowest BCUT2D eigenvalue weighted by Gasteiger charge is -2.33. The van der Waals surface area contributed by atoms with Crippen molar-refractivity contribution in [3.05, 3.63) is 0 Å². The van der Waals surface area contributed by atoms with Gasteiger partial charge in [0.25, 0.3) is 5.91 Å². The minimum Gasteiger partial charge on any atom is -0.273 e. The van der Waals surface area contributed by atoms with Crippen LogP contribution in [-0.4, -0.2) is 46.6 Å². The molecule has 17 heavy (non-hydrogen) atoms. The standard InChI is InChI=1S/C8H12N2O6S/c1-3-5-6(11)9(4-2)8(13)10(7(5)12)17(14,15)16/h5H,3-4H2,1-2H3,(H,14,15,16). The quantitative estimate of drug-likeness (QED) is 0.549. The molecule has 1 unspecified atom stereocenters. The number of amides is 4. The van der Waals surface area contributed by atoms with Gasteiger partial charge in [0.1, 0.15) is 5.92 Å². The van der Waals surface area contributed by atoms with Crippen molar-refractivity contribution >= 4 is 28.1 Å². The second-order valence-corrected chi connectivity index (χ2v) is 4.67. The number of hydrogen-bond acceptors (Lipinski definition) is 5. The second-order valence-electron chi connectivity index (χ2n) is 3.41. The van der Waals surface area contributed by atoms with Gasteiger partial charge in [0, 0.05) is 6.54 Å². The molecular formula is C8H12N2O6S. The van der Waals surface area contributed by atoms with E-state index in [-0.39, 0.29) is 17.3 Å². The van der Waals surface area contributed by atoms with Gasteiger partial charge in [-0.2, -0.15) is 8.42 Å². The van der Waals surface area contributed by atoms with Crippen LogP contribution in [0.2, 0.25) is 0 Å². The number of hydrogen-bond donors (Lipinski definition) is 1. The van der Waals surface area contributed by atoms with Gasteiger partial charge in [-0.05, 0) is 13.3 Å². The predicted molar refractivity (Wildman–Crippen MR) is 55.0 cm³/mol. The Balaban J connectivity index is 3.29. The van der Waals surface area contributed by atoms with Crippen molar-refractivity contribution in [1.82, 2.24) is 9.21 Å². The normalized spacial score (nSPS) is 22.3. The number of urea groups is 1. The Morgan fingerprint density at radius 1 is 1.18 bits per heavy atom. The summed E-state index contributed by atoms with van der Waals surface area (Å²) in [6.07, 6.45) is 0.0491. The molecule has 0 bridgehead atoms. The van der Waals surface area contributed by atoms with Crippen molar-refractivity contribution in [1.29, 1.82) is 0 Å². The monoisotopic (exact) mass is 264 g/mol. The van der Waals surface area contributed by atoms with Gasteiger partial charge in [-0.3, -0.25) is 19.0 Å². The molecule has 1 atom stereocenters. The van der Waals surface area contributed by atoms with Gasteiger partial charge in [0.15, 0.2) is 0 Å². The third-order valence-electron chi connectivity index (χ3n) is 2.42. The van der Waals surface area contributed by atoms with Gasteiger partial charge in [0.05, 0.1) is 0 Å². The summed E-state index contributed by atoms with van der Waals surface area (Å²) in [4.78, 5) is 35.4. The lowest BCUT2D eigenvalue weighted by molar-refractivity contribution is -0.146. The summed E-state index contributed by atoms with van der Waals surface area (Å²) in [5.41, 5.74) is 0. The summed E-state index contributed by atoms with van der Waals surface area (Å²) in [5.74, 6) is -3.21. The van der Waals surface area contributed by atoms with Crippen LogP contribution >= 0.6 is 0 Å². The summed E-state index contributed by atoms with van der Waals surface area (Å²) in [6, 6.07) is -1.34. The number of carbonyl (C=O) groups excluding carboxylic acids is 3. The highest BCUT2D eigenvalue weighted by atomic mass is 32.2. The van der Waals surface area contributed by atoms with E-state index < -0.39 is 34.1 Å². The molecule has 1 aliphatic rings. The third kappa shape index (κ3) is 2.15. The van der Waals surface area contributed by atoms with E-state index >= 15 is 0 Å². The Kier molecular flexibility index (Phi) is 3.53. The fraction of sp³-hybridized carbons (Fsp3) is 0.625. The molecule has 0 aromatic heterocycles. The molecule has 0 saturated carbocycles. The summed E-state index contributed by atoms with van der Waals surface area (Å²) >= 11 is 0. The van der Waals surface area contributed by atoms with Crippen LogP contribution in [-0.2, 0) is 19.9 Å². The molecule has 1 rings (SSSR count). The Morgan fingerprint density at radius 3 is 2.06 bits per heavy atom. The molecule has 0 spiro atoms. The molecule has 1 fully saturated rings. The van der Waals surface area contributed by atoms with Crippen LogP contribution in [0.15, 0.2) is 0 Å². The van der Waals surface area contributed by atoms with E-state index in [9.17, 15) is 22.8 Å². The van der Waals surface area contributed by atoms with Crippen molar-refractivity contribution in [3.63, 3.8) is 0 Å². The summed E-state index contributed by atoms with van der Waals surface area (Å²) in [5, 5.41) is 0. The number of carbonyl (C=O) groups is 3. The minimum atomic E-state index is -4.99. The summed E-state index contributed by atoms with van der Waals surface area (Å²) in [7, 11) is -4.99. The lowest BCUT2D eigenvalue weighted by Crippen LogP contribution is -2.60. The van der Waals surface area contributed by atoms with E-state index in [0.29, 0.717) is 4.90 Å². The largest absolute Gasteiger partial charge is 0.370 e. The average Bonchev–Trinajstić information content (AvgIpc) is 2.16. The Morgan fingerprint density at radius 2 is 1.71 bits per heavy atom. The molecule has 96 valence electrons. The average molecular weight is 264 g/mol. The molecule has 0 aromatic rings. The molecule has 1 N–H and O–H groups in total. The highest BCUT2D eigenvalue weighted by Gasteiger charge is 2.49. The molecular weight excluding hydrogens is 252 g/mol. The van der Waals surface area contributed by atoms with E-state index in [0.717, 1.165) is 0 Å². The fourth-order valence-corrected chi connectivity index (χ4v) is 2.24. The van der Waals surface area contributed by atoms with Crippen molar-refractivity contribution in [2.75, 3.05) is 6.54 Å². The lowest BCUT2D eigenvalue weighted by atomic mass is 10.0. The van der Waals surface area contributed by atoms with Gasteiger partial charge < -0.3 is 0 Å². The van der Waals surface area contributed by atoms with E-state index in [1.54, 1.807) is 0 Å². The smallest absolute Gasteiger partial charge is 0.273 e. The summed E-state index contributed by atoms with van der Waals surface area (Å²) < 4.78 is 30.4. The van der Waals surface area contributed by atoms with E-state index in [1.165, 1.54) is 13.8 Å². The molecule has 1 heterocycles. The van der Waals surface area contributed by atoms with Gasteiger partial charge in [0.2, 0.25) is 5.91 Å². The van der Waals surface area contributed by atoms with Crippen LogP contribution in [0, 0.1) is 5.92 Å². The summed E-state index contributed by atoms with van der Waals surface area (Å²) in [6.45, 7) is 2.89. The minimum absolute atomic E-state index is 0.0491. The zero-order chi connectivity index (χ0) is 13.4. The number of barbiturate groups is 1. The van der Waals surface area contributed by atoms with Crippen molar-refractivity contribution < 1.29 is 27.4 Å². The van der Waals surface area contributed by atoms with Crippen LogP contribution in [0.25, 0.3) is 0 Å². The van der Waals surface area contributed by atoms with Gasteiger partial charge in [-0.15, -0.1) is 4.31 Å². The predicted octanol–water partition coefficient (Wildman–Crippen LogP) is -0.374. The van der Waals surface area contributed by atoms with Crippen LogP contribution in [0.4, 0.5) is 4.79 Å². The van der Waals surface area contributed by atoms with Crippen molar-refractivity contribution in [2.45, 2.75) is 20.3 Å². The maximum atomic E-state index is 11.7. The first-order valence-electron chi connectivity index (χ1n) is 4.92. The van der Waals surface area contributed by atoms with Crippen LogP contribution in [0.5, 0.6) is 0 Å². The first-order chi connectivity index (χ1) is 7.75. The van der Waals surface area contributed by atoms with E-state index in [2.05, 4.69) is 0 Å². The highest BCUT2D eigenvalue weighted by molar-refractivity contribution is 7.84. The van der Waals surface area contributed by atoms with Crippen molar-refractivity contribution in [3.8, 4) is 0 Å². The SMILES string of the molecule is CCC1C(=O)N(CC)C(=O)N(S(=O)(=O)O)C1=O. The molecule has 0 aromatic carbocycles. The number of nitrogens with zero attached hydrogens (tertiary/aromatic N) is 2.